The van der Waals surface area contributed by atoms with Crippen LogP contribution in [-0.2, 0) is 18.4 Å². The van der Waals surface area contributed by atoms with E-state index in [0.717, 1.165) is 24.6 Å². The molecule has 2 atom stereocenters. The molecule has 4 aromatic rings. The summed E-state index contributed by atoms with van der Waals surface area (Å²) in [6, 6.07) is 8.16. The van der Waals surface area contributed by atoms with Crippen LogP contribution in [0.1, 0.15) is 41.7 Å². The van der Waals surface area contributed by atoms with Crippen LogP contribution in [0, 0.1) is 17.7 Å². The number of ether oxygens (including phenoxy) is 1. The summed E-state index contributed by atoms with van der Waals surface area (Å²) in [4.78, 5) is 32.1. The van der Waals surface area contributed by atoms with Gasteiger partial charge in [-0.3, -0.25) is 19.4 Å². The number of benzene rings is 1. The van der Waals surface area contributed by atoms with Crippen molar-refractivity contribution in [1.82, 2.24) is 35.2 Å². The molecule has 12 heteroatoms. The van der Waals surface area contributed by atoms with Crippen molar-refractivity contribution in [2.75, 3.05) is 7.11 Å². The molecule has 3 aromatic heterocycles. The molecule has 2 N–H and O–H groups in total. The summed E-state index contributed by atoms with van der Waals surface area (Å²) in [5.74, 6) is -1.38. The average molecular weight is 536 g/mol. The fourth-order valence-electron chi connectivity index (χ4n) is 5.87. The Morgan fingerprint density at radius 3 is 2.67 bits per heavy atom. The van der Waals surface area contributed by atoms with E-state index in [1.54, 1.807) is 19.2 Å². The van der Waals surface area contributed by atoms with Crippen molar-refractivity contribution in [2.45, 2.75) is 44.3 Å². The first-order valence-electron chi connectivity index (χ1n) is 12.8. The van der Waals surface area contributed by atoms with E-state index in [1.165, 1.54) is 23.9 Å². The van der Waals surface area contributed by atoms with Gasteiger partial charge in [-0.15, -0.1) is 5.10 Å². The summed E-state index contributed by atoms with van der Waals surface area (Å²) < 4.78 is 34.9. The van der Waals surface area contributed by atoms with Gasteiger partial charge in [0.2, 0.25) is 17.7 Å². The van der Waals surface area contributed by atoms with Crippen LogP contribution < -0.4 is 10.1 Å². The van der Waals surface area contributed by atoms with Gasteiger partial charge in [0.1, 0.15) is 5.69 Å². The van der Waals surface area contributed by atoms with Gasteiger partial charge in [0.05, 0.1) is 29.9 Å². The van der Waals surface area contributed by atoms with Crippen LogP contribution in [0.4, 0.5) is 8.78 Å². The van der Waals surface area contributed by atoms with E-state index < -0.39 is 11.8 Å². The summed E-state index contributed by atoms with van der Waals surface area (Å²) in [6.45, 7) is 0.283. The van der Waals surface area contributed by atoms with E-state index in [1.807, 2.05) is 11.0 Å². The summed E-state index contributed by atoms with van der Waals surface area (Å²) in [7, 11) is 3.12. The molecule has 10 nitrogen and oxygen atoms in total. The first-order valence-corrected chi connectivity index (χ1v) is 12.8. The highest BCUT2D eigenvalue weighted by molar-refractivity contribution is 5.94. The molecule has 2 amide bonds. The van der Waals surface area contributed by atoms with Gasteiger partial charge in [0.15, 0.2) is 5.82 Å². The normalized spacial score (nSPS) is 20.4. The molecule has 2 aliphatic heterocycles. The fraction of sp³-hybridized carbons (Fsp3) is 0.370. The number of aromatic nitrogens is 5. The first-order chi connectivity index (χ1) is 18.8. The topological polar surface area (TPSA) is 118 Å². The number of amides is 2. The number of fused-ring (bicyclic) bond motifs is 3. The van der Waals surface area contributed by atoms with Crippen molar-refractivity contribution in [3.63, 3.8) is 0 Å². The van der Waals surface area contributed by atoms with E-state index >= 15 is 0 Å². The number of nitrogens with one attached hydrogen (secondary N) is 2. The number of carbonyl (C=O) groups is 2. The Bertz CT molecular complexity index is 1570. The zero-order valence-corrected chi connectivity index (χ0v) is 21.4. The Kier molecular flexibility index (Phi) is 6.24. The highest BCUT2D eigenvalue weighted by Gasteiger charge is 2.45. The molecule has 0 spiro atoms. The number of halogens is 2. The van der Waals surface area contributed by atoms with Crippen LogP contribution in [0.2, 0.25) is 0 Å². The molecular formula is C27H27F2N7O3. The number of nitrogens with zero attached hydrogens (tertiary/aromatic N) is 5. The lowest BCUT2D eigenvalue weighted by atomic mass is 9.89. The molecule has 0 saturated carbocycles. The first kappa shape index (κ1) is 25.0. The number of hydrogen-bond acceptors (Lipinski definition) is 6. The Labute approximate surface area is 222 Å². The average Bonchev–Trinajstić information content (AvgIpc) is 3.61. The van der Waals surface area contributed by atoms with E-state index in [0.29, 0.717) is 23.7 Å². The molecular weight excluding hydrogens is 508 g/mol. The fourth-order valence-corrected chi connectivity index (χ4v) is 5.87. The molecule has 2 fully saturated rings. The number of hydrogen-bond donors (Lipinski definition) is 2. The molecule has 1 aromatic carbocycles. The number of aryl methyl sites for hydroxylation is 1. The predicted octanol–water partition coefficient (Wildman–Crippen LogP) is 3.34. The Balaban J connectivity index is 1.11. The maximum absolute atomic E-state index is 14.3. The number of pyridine rings is 1. The van der Waals surface area contributed by atoms with Gasteiger partial charge in [-0.1, -0.05) is 6.07 Å². The van der Waals surface area contributed by atoms with Crippen molar-refractivity contribution in [1.29, 1.82) is 0 Å². The smallest absolute Gasteiger partial charge is 0.272 e. The molecule has 2 unspecified atom stereocenters. The predicted molar refractivity (Wildman–Crippen MR) is 137 cm³/mol. The van der Waals surface area contributed by atoms with Gasteiger partial charge in [0, 0.05) is 43.2 Å². The van der Waals surface area contributed by atoms with E-state index in [4.69, 9.17) is 4.74 Å². The van der Waals surface area contributed by atoms with Crippen molar-refractivity contribution in [2.24, 2.45) is 13.0 Å². The molecule has 0 aliphatic carbocycles. The Morgan fingerprint density at radius 2 is 1.92 bits per heavy atom. The van der Waals surface area contributed by atoms with Crippen molar-refractivity contribution in [3.05, 3.63) is 59.6 Å². The summed E-state index contributed by atoms with van der Waals surface area (Å²) in [5.41, 5.74) is 2.20. The van der Waals surface area contributed by atoms with Gasteiger partial charge >= 0.3 is 0 Å². The van der Waals surface area contributed by atoms with Gasteiger partial charge < -0.3 is 15.0 Å². The lowest BCUT2D eigenvalue weighted by Crippen LogP contribution is -2.49. The summed E-state index contributed by atoms with van der Waals surface area (Å²) >= 11 is 0. The highest BCUT2D eigenvalue weighted by atomic mass is 19.1. The highest BCUT2D eigenvalue weighted by Crippen LogP contribution is 2.40. The van der Waals surface area contributed by atoms with E-state index in [-0.39, 0.29) is 59.2 Å². The number of methoxy groups -OCH3 is 1. The maximum atomic E-state index is 14.3. The minimum absolute atomic E-state index is 0.0719. The van der Waals surface area contributed by atoms with Gasteiger partial charge in [0.25, 0.3) is 5.91 Å². The third kappa shape index (κ3) is 4.49. The third-order valence-electron chi connectivity index (χ3n) is 7.80. The Morgan fingerprint density at radius 1 is 1.15 bits per heavy atom. The van der Waals surface area contributed by atoms with Crippen LogP contribution in [0.5, 0.6) is 5.88 Å². The second-order valence-electron chi connectivity index (χ2n) is 10.1. The van der Waals surface area contributed by atoms with Crippen LogP contribution in [0.3, 0.4) is 0 Å². The summed E-state index contributed by atoms with van der Waals surface area (Å²) in [5, 5.41) is 14.1. The quantitative estimate of drug-likeness (QED) is 0.391. The van der Waals surface area contributed by atoms with Crippen LogP contribution in [0.15, 0.2) is 36.5 Å². The molecule has 2 bridgehead atoms. The number of aromatic amines is 1. The Hall–Kier alpha value is -4.35. The van der Waals surface area contributed by atoms with E-state index in [9.17, 15) is 18.4 Å². The van der Waals surface area contributed by atoms with Crippen LogP contribution in [-0.4, -0.2) is 60.9 Å². The zero-order valence-electron chi connectivity index (χ0n) is 21.4. The number of rotatable bonds is 6. The molecule has 0 radical (unpaired) electrons. The third-order valence-corrected chi connectivity index (χ3v) is 7.80. The number of H-pyrrole nitrogens is 1. The van der Waals surface area contributed by atoms with Crippen molar-refractivity contribution in [3.8, 4) is 17.1 Å². The van der Waals surface area contributed by atoms with Crippen molar-refractivity contribution >= 4 is 22.7 Å². The van der Waals surface area contributed by atoms with Crippen LogP contribution in [0.25, 0.3) is 22.2 Å². The van der Waals surface area contributed by atoms with Gasteiger partial charge in [-0.05, 0) is 49.4 Å². The molecule has 2 saturated heterocycles. The molecule has 2 aliphatic rings. The molecule has 6 rings (SSSR count). The van der Waals surface area contributed by atoms with Crippen molar-refractivity contribution < 1.29 is 23.1 Å². The molecule has 39 heavy (non-hydrogen) atoms. The number of piperidine rings is 1. The SMILES string of the molecule is COc1cc(-c2cc(C(=O)N3C4CCC3CC(C(=O)NCc3ccc5c(c3)c(F)nn5C)C4)[nH]n2)c(F)cn1. The lowest BCUT2D eigenvalue weighted by Gasteiger charge is -2.38. The maximum Gasteiger partial charge on any atom is 0.272 e. The largest absolute Gasteiger partial charge is 0.481 e. The minimum Gasteiger partial charge on any atom is -0.481 e. The van der Waals surface area contributed by atoms with E-state index in [2.05, 4.69) is 25.6 Å². The monoisotopic (exact) mass is 535 g/mol. The molecule has 202 valence electrons. The van der Waals surface area contributed by atoms with Gasteiger partial charge in [-0.25, -0.2) is 9.37 Å². The van der Waals surface area contributed by atoms with Gasteiger partial charge in [-0.2, -0.15) is 9.49 Å². The second-order valence-corrected chi connectivity index (χ2v) is 10.1. The second kappa shape index (κ2) is 9.75. The minimum atomic E-state index is -0.571. The van der Waals surface area contributed by atoms with Crippen LogP contribution >= 0.6 is 0 Å². The lowest BCUT2D eigenvalue weighted by molar-refractivity contribution is -0.127. The molecule has 5 heterocycles. The number of carbonyl (C=O) groups excluding carboxylic acids is 2. The standard InChI is InChI=1S/C27H27F2N7O3/c1-35-23-6-3-14(7-19(23)25(29)34-35)12-31-26(37)15-8-16-4-5-17(9-15)36(16)27(38)22-11-21(32-33-22)18-10-24(39-2)30-13-20(18)28/h3,6-7,10-11,13,15-17H,4-5,8-9,12H2,1-2H3,(H,31,37)(H,32,33). The summed E-state index contributed by atoms with van der Waals surface area (Å²) in [6.07, 6.45) is 3.79. The zero-order chi connectivity index (χ0) is 27.3.